The summed E-state index contributed by atoms with van der Waals surface area (Å²) < 4.78 is 10.9. The van der Waals surface area contributed by atoms with E-state index in [4.69, 9.17) is 9.26 Å². The molecule has 0 radical (unpaired) electrons. The van der Waals surface area contributed by atoms with Crippen LogP contribution in [-0.4, -0.2) is 45.6 Å². The molecule has 23 heavy (non-hydrogen) atoms. The average Bonchev–Trinajstić information content (AvgIpc) is 3.06. The maximum Gasteiger partial charge on any atom is 0.293 e. The molecule has 116 valence electrons. The molecule has 7 nitrogen and oxygen atoms in total. The van der Waals surface area contributed by atoms with Gasteiger partial charge in [-0.1, -0.05) is 11.2 Å². The maximum absolute atomic E-state index is 12.7. The van der Waals surface area contributed by atoms with Crippen molar-refractivity contribution in [3.8, 4) is 0 Å². The van der Waals surface area contributed by atoms with Crippen LogP contribution in [0.1, 0.15) is 22.4 Å². The molecule has 4 heterocycles. The van der Waals surface area contributed by atoms with E-state index >= 15 is 0 Å². The minimum absolute atomic E-state index is 0.204. The fourth-order valence-electron chi connectivity index (χ4n) is 2.66. The smallest absolute Gasteiger partial charge is 0.293 e. The van der Waals surface area contributed by atoms with Crippen molar-refractivity contribution in [2.75, 3.05) is 19.7 Å². The van der Waals surface area contributed by atoms with Crippen molar-refractivity contribution in [3.05, 3.63) is 54.2 Å². The number of carbonyl (C=O) groups is 1. The molecule has 1 aliphatic heterocycles. The molecule has 1 fully saturated rings. The van der Waals surface area contributed by atoms with Crippen molar-refractivity contribution in [1.82, 2.24) is 20.0 Å². The Kier molecular flexibility index (Phi) is 3.47. The zero-order valence-corrected chi connectivity index (χ0v) is 12.3. The molecular formula is C16H14N4O3. The molecule has 0 N–H and O–H groups in total. The molecule has 0 spiro atoms. The summed E-state index contributed by atoms with van der Waals surface area (Å²) in [6.07, 6.45) is 3.10. The van der Waals surface area contributed by atoms with Gasteiger partial charge in [-0.15, -0.1) is 0 Å². The quantitative estimate of drug-likeness (QED) is 0.718. The van der Waals surface area contributed by atoms with Crippen molar-refractivity contribution in [2.24, 2.45) is 0 Å². The minimum Gasteiger partial charge on any atom is -0.368 e. The van der Waals surface area contributed by atoms with Gasteiger partial charge in [-0.2, -0.15) is 0 Å². The summed E-state index contributed by atoms with van der Waals surface area (Å²) in [6, 6.07) is 9.19. The summed E-state index contributed by atoms with van der Waals surface area (Å²) in [5, 5.41) is 4.46. The Morgan fingerprint density at radius 3 is 2.96 bits per heavy atom. The number of hydrogen-bond donors (Lipinski definition) is 0. The highest BCUT2D eigenvalue weighted by Gasteiger charge is 2.30. The Morgan fingerprint density at radius 2 is 2.09 bits per heavy atom. The number of ether oxygens (including phenoxy) is 1. The molecule has 7 heteroatoms. The molecule has 3 aromatic rings. The molecule has 1 aliphatic rings. The van der Waals surface area contributed by atoms with Gasteiger partial charge in [0, 0.05) is 18.9 Å². The largest absolute Gasteiger partial charge is 0.368 e. The van der Waals surface area contributed by atoms with E-state index in [0.717, 1.165) is 5.69 Å². The van der Waals surface area contributed by atoms with Gasteiger partial charge in [0.05, 0.1) is 24.2 Å². The Morgan fingerprint density at radius 1 is 1.17 bits per heavy atom. The number of morpholine rings is 1. The number of aromatic nitrogens is 3. The fraction of sp³-hybridized carbons (Fsp3) is 0.250. The summed E-state index contributed by atoms with van der Waals surface area (Å²) in [5.74, 6) is 0.0134. The highest BCUT2D eigenvalue weighted by molar-refractivity contribution is 6.02. The molecule has 0 bridgehead atoms. The lowest BCUT2D eigenvalue weighted by molar-refractivity contribution is -0.0257. The third kappa shape index (κ3) is 2.55. The van der Waals surface area contributed by atoms with Crippen molar-refractivity contribution in [1.29, 1.82) is 0 Å². The van der Waals surface area contributed by atoms with Crippen LogP contribution >= 0.6 is 0 Å². The van der Waals surface area contributed by atoms with Crippen molar-refractivity contribution in [3.63, 3.8) is 0 Å². The first-order valence-corrected chi connectivity index (χ1v) is 7.35. The number of rotatable bonds is 2. The lowest BCUT2D eigenvalue weighted by Gasteiger charge is -2.32. The SMILES string of the molecule is O=C(c1onc2ncccc12)N1CCOC(c2ccccn2)C1. The van der Waals surface area contributed by atoms with E-state index in [0.29, 0.717) is 30.7 Å². The van der Waals surface area contributed by atoms with Crippen LogP contribution in [0.15, 0.2) is 47.2 Å². The number of carbonyl (C=O) groups excluding carboxylic acids is 1. The van der Waals surface area contributed by atoms with E-state index in [-0.39, 0.29) is 17.8 Å². The highest BCUT2D eigenvalue weighted by atomic mass is 16.5. The summed E-state index contributed by atoms with van der Waals surface area (Å²) in [7, 11) is 0. The molecule has 1 saturated heterocycles. The van der Waals surface area contributed by atoms with Crippen LogP contribution in [-0.2, 0) is 4.74 Å². The van der Waals surface area contributed by atoms with Crippen LogP contribution in [0.25, 0.3) is 11.0 Å². The molecule has 1 amide bonds. The third-order valence-electron chi connectivity index (χ3n) is 3.82. The molecule has 3 aromatic heterocycles. The summed E-state index contributed by atoms with van der Waals surface area (Å²) in [6.45, 7) is 1.39. The van der Waals surface area contributed by atoms with Gasteiger partial charge in [-0.25, -0.2) is 4.98 Å². The first-order valence-electron chi connectivity index (χ1n) is 7.35. The zero-order valence-electron chi connectivity index (χ0n) is 12.3. The van der Waals surface area contributed by atoms with Gasteiger partial charge in [0.2, 0.25) is 11.4 Å². The minimum atomic E-state index is -0.235. The standard InChI is InChI=1S/C16H14N4O3/c21-16(14-11-4-3-7-18-15(11)19-23-14)20-8-9-22-13(10-20)12-5-1-2-6-17-12/h1-7,13H,8-10H2. The first kappa shape index (κ1) is 13.8. The van der Waals surface area contributed by atoms with Crippen LogP contribution in [0.5, 0.6) is 0 Å². The molecule has 1 unspecified atom stereocenters. The second kappa shape index (κ2) is 5.77. The van der Waals surface area contributed by atoms with Gasteiger partial charge < -0.3 is 14.2 Å². The van der Waals surface area contributed by atoms with Crippen LogP contribution in [0, 0.1) is 0 Å². The van der Waals surface area contributed by atoms with E-state index in [2.05, 4.69) is 15.1 Å². The summed E-state index contributed by atoms with van der Waals surface area (Å²) in [4.78, 5) is 22.8. The number of fused-ring (bicyclic) bond motifs is 1. The topological polar surface area (TPSA) is 81.4 Å². The van der Waals surface area contributed by atoms with Crippen LogP contribution in [0.4, 0.5) is 0 Å². The van der Waals surface area contributed by atoms with E-state index in [9.17, 15) is 4.79 Å². The lowest BCUT2D eigenvalue weighted by Crippen LogP contribution is -2.42. The molecule has 0 aromatic carbocycles. The van der Waals surface area contributed by atoms with Gasteiger partial charge in [-0.05, 0) is 24.3 Å². The van der Waals surface area contributed by atoms with Gasteiger partial charge in [0.1, 0.15) is 6.10 Å². The number of amides is 1. The number of hydrogen-bond acceptors (Lipinski definition) is 6. The highest BCUT2D eigenvalue weighted by Crippen LogP contribution is 2.23. The molecule has 0 aliphatic carbocycles. The Labute approximate surface area is 131 Å². The van der Waals surface area contributed by atoms with Crippen molar-refractivity contribution in [2.45, 2.75) is 6.10 Å². The molecule has 4 rings (SSSR count). The molecule has 0 saturated carbocycles. The number of nitrogens with zero attached hydrogens (tertiary/aromatic N) is 4. The van der Waals surface area contributed by atoms with Gasteiger partial charge in [0.25, 0.3) is 5.91 Å². The predicted molar refractivity (Wildman–Crippen MR) is 80.6 cm³/mol. The van der Waals surface area contributed by atoms with Gasteiger partial charge in [0.15, 0.2) is 0 Å². The molecule has 1 atom stereocenters. The van der Waals surface area contributed by atoms with E-state index in [1.807, 2.05) is 18.2 Å². The first-order chi connectivity index (χ1) is 11.3. The van der Waals surface area contributed by atoms with Crippen LogP contribution in [0.3, 0.4) is 0 Å². The van der Waals surface area contributed by atoms with Crippen molar-refractivity contribution < 1.29 is 14.1 Å². The average molecular weight is 310 g/mol. The third-order valence-corrected chi connectivity index (χ3v) is 3.82. The maximum atomic E-state index is 12.7. The van der Waals surface area contributed by atoms with E-state index in [1.165, 1.54) is 0 Å². The van der Waals surface area contributed by atoms with E-state index < -0.39 is 0 Å². The lowest BCUT2D eigenvalue weighted by atomic mass is 10.1. The number of pyridine rings is 2. The van der Waals surface area contributed by atoms with Gasteiger partial charge >= 0.3 is 0 Å². The predicted octanol–water partition coefficient (Wildman–Crippen LogP) is 1.83. The summed E-state index contributed by atoms with van der Waals surface area (Å²) in [5.41, 5.74) is 1.25. The van der Waals surface area contributed by atoms with Gasteiger partial charge in [-0.3, -0.25) is 9.78 Å². The van der Waals surface area contributed by atoms with Crippen LogP contribution in [0.2, 0.25) is 0 Å². The Bertz CT molecular complexity index is 833. The second-order valence-electron chi connectivity index (χ2n) is 5.25. The fourth-order valence-corrected chi connectivity index (χ4v) is 2.66. The Hall–Kier alpha value is -2.80. The van der Waals surface area contributed by atoms with Crippen LogP contribution < -0.4 is 0 Å². The summed E-state index contributed by atoms with van der Waals surface area (Å²) >= 11 is 0. The molecular weight excluding hydrogens is 296 g/mol. The second-order valence-corrected chi connectivity index (χ2v) is 5.25. The normalized spacial score (nSPS) is 18.3. The Balaban J connectivity index is 1.59. The van der Waals surface area contributed by atoms with Crippen molar-refractivity contribution >= 4 is 16.9 Å². The van der Waals surface area contributed by atoms with E-state index in [1.54, 1.807) is 29.4 Å². The zero-order chi connectivity index (χ0) is 15.6. The monoisotopic (exact) mass is 310 g/mol.